The summed E-state index contributed by atoms with van der Waals surface area (Å²) in [6.07, 6.45) is 0. The van der Waals surface area contributed by atoms with Crippen molar-refractivity contribution in [3.8, 4) is 5.75 Å². The highest BCUT2D eigenvalue weighted by Crippen LogP contribution is 2.18. The number of aliphatic carboxylic acids is 1. The van der Waals surface area contributed by atoms with E-state index in [1.54, 1.807) is 25.3 Å². The summed E-state index contributed by atoms with van der Waals surface area (Å²) in [4.78, 5) is 10.5. The molecule has 0 radical (unpaired) electrons. The number of fused-ring (bicyclic) bond motifs is 1. The Hall–Kier alpha value is -2.11. The van der Waals surface area contributed by atoms with Crippen molar-refractivity contribution in [3.63, 3.8) is 0 Å². The maximum absolute atomic E-state index is 10.5. The van der Waals surface area contributed by atoms with Crippen LogP contribution in [0.15, 0.2) is 18.2 Å². The van der Waals surface area contributed by atoms with E-state index in [1.165, 1.54) is 4.68 Å². The standard InChI is InChI=1S/C9H9N3O3/c1-15-6-2-3-8-7(4-6)10-11-12(8)5-9(13)14/h2-4H,5H2,1H3,(H,13,14). The quantitative estimate of drug-likeness (QED) is 0.794. The monoisotopic (exact) mass is 207 g/mol. The Morgan fingerprint density at radius 2 is 2.40 bits per heavy atom. The Balaban J connectivity index is 2.47. The molecule has 78 valence electrons. The number of ether oxygens (including phenoxy) is 1. The predicted molar refractivity (Wildman–Crippen MR) is 51.7 cm³/mol. The molecule has 6 nitrogen and oxygen atoms in total. The topological polar surface area (TPSA) is 77.2 Å². The molecule has 2 aromatic rings. The van der Waals surface area contributed by atoms with Gasteiger partial charge in [0.25, 0.3) is 0 Å². The lowest BCUT2D eigenvalue weighted by molar-refractivity contribution is -0.137. The Bertz CT molecular complexity index is 506. The van der Waals surface area contributed by atoms with Crippen molar-refractivity contribution in [2.45, 2.75) is 6.54 Å². The van der Waals surface area contributed by atoms with Gasteiger partial charge < -0.3 is 9.84 Å². The van der Waals surface area contributed by atoms with E-state index in [4.69, 9.17) is 9.84 Å². The summed E-state index contributed by atoms with van der Waals surface area (Å²) in [6.45, 7) is -0.192. The smallest absolute Gasteiger partial charge is 0.325 e. The molecule has 1 aromatic carbocycles. The van der Waals surface area contributed by atoms with Crippen molar-refractivity contribution in [1.29, 1.82) is 0 Å². The van der Waals surface area contributed by atoms with Crippen LogP contribution in [0.4, 0.5) is 0 Å². The Morgan fingerprint density at radius 1 is 1.60 bits per heavy atom. The van der Waals surface area contributed by atoms with Crippen LogP contribution in [-0.4, -0.2) is 33.2 Å². The first-order valence-electron chi connectivity index (χ1n) is 4.30. The zero-order chi connectivity index (χ0) is 10.8. The second-order valence-corrected chi connectivity index (χ2v) is 3.00. The maximum Gasteiger partial charge on any atom is 0.325 e. The maximum atomic E-state index is 10.5. The molecule has 0 fully saturated rings. The van der Waals surface area contributed by atoms with E-state index in [-0.39, 0.29) is 6.54 Å². The summed E-state index contributed by atoms with van der Waals surface area (Å²) in [5, 5.41) is 16.2. The molecule has 0 amide bonds. The minimum Gasteiger partial charge on any atom is -0.497 e. The van der Waals surface area contributed by atoms with Gasteiger partial charge >= 0.3 is 5.97 Å². The fraction of sp³-hybridized carbons (Fsp3) is 0.222. The highest BCUT2D eigenvalue weighted by Gasteiger charge is 2.07. The van der Waals surface area contributed by atoms with Crippen molar-refractivity contribution in [1.82, 2.24) is 15.0 Å². The molecule has 2 rings (SSSR count). The summed E-state index contributed by atoms with van der Waals surface area (Å²) in [5.41, 5.74) is 1.30. The largest absolute Gasteiger partial charge is 0.497 e. The van der Waals surface area contributed by atoms with Crippen LogP contribution in [0.3, 0.4) is 0 Å². The number of carboxylic acid groups (broad SMARTS) is 1. The van der Waals surface area contributed by atoms with Crippen LogP contribution in [0.25, 0.3) is 11.0 Å². The average molecular weight is 207 g/mol. The molecule has 1 heterocycles. The number of nitrogens with zero attached hydrogens (tertiary/aromatic N) is 3. The van der Waals surface area contributed by atoms with Crippen molar-refractivity contribution in [2.24, 2.45) is 0 Å². The second kappa shape index (κ2) is 3.56. The third-order valence-electron chi connectivity index (χ3n) is 2.01. The average Bonchev–Trinajstić information content (AvgIpc) is 2.60. The highest BCUT2D eigenvalue weighted by atomic mass is 16.5. The van der Waals surface area contributed by atoms with Gasteiger partial charge in [0.1, 0.15) is 17.8 Å². The lowest BCUT2D eigenvalue weighted by Gasteiger charge is -1.99. The number of aromatic nitrogens is 3. The van der Waals surface area contributed by atoms with Gasteiger partial charge in [-0.1, -0.05) is 5.21 Å². The van der Waals surface area contributed by atoms with Gasteiger partial charge in [0.15, 0.2) is 0 Å². The molecular weight excluding hydrogens is 198 g/mol. The lowest BCUT2D eigenvalue weighted by atomic mass is 10.3. The van der Waals surface area contributed by atoms with Crippen molar-refractivity contribution >= 4 is 17.0 Å². The van der Waals surface area contributed by atoms with Crippen molar-refractivity contribution < 1.29 is 14.6 Å². The fourth-order valence-corrected chi connectivity index (χ4v) is 1.32. The van der Waals surface area contributed by atoms with Crippen LogP contribution in [0, 0.1) is 0 Å². The molecule has 0 saturated carbocycles. The lowest BCUT2D eigenvalue weighted by Crippen LogP contribution is -2.09. The van der Waals surface area contributed by atoms with Crippen LogP contribution in [-0.2, 0) is 11.3 Å². The fourth-order valence-electron chi connectivity index (χ4n) is 1.32. The van der Waals surface area contributed by atoms with Gasteiger partial charge in [-0.2, -0.15) is 0 Å². The van der Waals surface area contributed by atoms with Crippen molar-refractivity contribution in [2.75, 3.05) is 7.11 Å². The molecule has 0 aliphatic heterocycles. The first kappa shape index (κ1) is 9.45. The van der Waals surface area contributed by atoms with Gasteiger partial charge in [-0.3, -0.25) is 4.79 Å². The molecular formula is C9H9N3O3. The molecule has 1 N–H and O–H groups in total. The van der Waals surface area contributed by atoms with Gasteiger partial charge in [-0.05, 0) is 12.1 Å². The summed E-state index contributed by atoms with van der Waals surface area (Å²) in [6, 6.07) is 5.18. The van der Waals surface area contributed by atoms with Gasteiger partial charge in [0.2, 0.25) is 0 Å². The SMILES string of the molecule is COc1ccc2c(c1)nnn2CC(=O)O. The van der Waals surface area contributed by atoms with E-state index in [0.29, 0.717) is 16.8 Å². The molecule has 0 unspecified atom stereocenters. The van der Waals surface area contributed by atoms with Crippen LogP contribution >= 0.6 is 0 Å². The molecule has 0 saturated heterocycles. The van der Waals surface area contributed by atoms with Crippen LogP contribution < -0.4 is 4.74 Å². The van der Waals surface area contributed by atoms with Gasteiger partial charge in [-0.25, -0.2) is 4.68 Å². The van der Waals surface area contributed by atoms with Gasteiger partial charge in [0, 0.05) is 6.07 Å². The molecule has 0 atom stereocenters. The molecule has 0 aliphatic rings. The Morgan fingerprint density at radius 3 is 3.07 bits per heavy atom. The van der Waals surface area contributed by atoms with E-state index in [2.05, 4.69) is 10.3 Å². The van der Waals surface area contributed by atoms with E-state index in [0.717, 1.165) is 0 Å². The summed E-state index contributed by atoms with van der Waals surface area (Å²) < 4.78 is 6.35. The summed E-state index contributed by atoms with van der Waals surface area (Å²) in [7, 11) is 1.56. The van der Waals surface area contributed by atoms with Crippen LogP contribution in [0.5, 0.6) is 5.75 Å². The van der Waals surface area contributed by atoms with Gasteiger partial charge in [-0.15, -0.1) is 5.10 Å². The number of methoxy groups -OCH3 is 1. The summed E-state index contributed by atoms with van der Waals surface area (Å²) >= 11 is 0. The highest BCUT2D eigenvalue weighted by molar-refractivity contribution is 5.77. The summed E-state index contributed by atoms with van der Waals surface area (Å²) in [5.74, 6) is -0.275. The van der Waals surface area contributed by atoms with Crippen LogP contribution in [0.2, 0.25) is 0 Å². The molecule has 0 aliphatic carbocycles. The molecule has 1 aromatic heterocycles. The molecule has 15 heavy (non-hydrogen) atoms. The first-order chi connectivity index (χ1) is 7.20. The zero-order valence-corrected chi connectivity index (χ0v) is 8.04. The molecule has 6 heteroatoms. The number of hydrogen-bond acceptors (Lipinski definition) is 4. The van der Waals surface area contributed by atoms with E-state index in [9.17, 15) is 4.79 Å². The number of hydrogen-bond donors (Lipinski definition) is 1. The predicted octanol–water partition coefficient (Wildman–Crippen LogP) is 0.524. The number of rotatable bonds is 3. The first-order valence-corrected chi connectivity index (χ1v) is 4.30. The van der Waals surface area contributed by atoms with E-state index >= 15 is 0 Å². The second-order valence-electron chi connectivity index (χ2n) is 3.00. The van der Waals surface area contributed by atoms with Crippen molar-refractivity contribution in [3.05, 3.63) is 18.2 Å². The van der Waals surface area contributed by atoms with E-state index < -0.39 is 5.97 Å². The van der Waals surface area contributed by atoms with E-state index in [1.807, 2.05) is 0 Å². The van der Waals surface area contributed by atoms with Gasteiger partial charge in [0.05, 0.1) is 12.6 Å². The molecule has 0 spiro atoms. The third-order valence-corrected chi connectivity index (χ3v) is 2.01. The van der Waals surface area contributed by atoms with Crippen LogP contribution in [0.1, 0.15) is 0 Å². The minimum atomic E-state index is -0.947. The number of carboxylic acids is 1. The normalized spacial score (nSPS) is 10.5. The number of carbonyl (C=O) groups is 1. The minimum absolute atomic E-state index is 0.192. The molecule has 0 bridgehead atoms. The Kier molecular flexibility index (Phi) is 2.24. The Labute approximate surface area is 85.1 Å². The zero-order valence-electron chi connectivity index (χ0n) is 8.04. The third kappa shape index (κ3) is 1.74. The number of benzene rings is 1.